The quantitative estimate of drug-likeness (QED) is 0.269. The van der Waals surface area contributed by atoms with Gasteiger partial charge in [0.2, 0.25) is 0 Å². The van der Waals surface area contributed by atoms with E-state index in [1.54, 1.807) is 0 Å². The van der Waals surface area contributed by atoms with Gasteiger partial charge in [-0.25, -0.2) is 0 Å². The van der Waals surface area contributed by atoms with Gasteiger partial charge in [-0.2, -0.15) is 0 Å². The average molecular weight is 507 g/mol. The molecule has 1 aromatic heterocycles. The van der Waals surface area contributed by atoms with Gasteiger partial charge in [-0.05, 0) is 34.0 Å². The number of halogens is 2. The van der Waals surface area contributed by atoms with E-state index in [1.165, 1.54) is 0 Å². The van der Waals surface area contributed by atoms with Crippen LogP contribution in [0.3, 0.4) is 0 Å². The minimum Gasteiger partial charge on any atom is -0.296 e. The molecule has 25 heavy (non-hydrogen) atoms. The molecular weight excluding hydrogens is 496 g/mol. The Balaban J connectivity index is 0.00000157. The van der Waals surface area contributed by atoms with Crippen LogP contribution in [-0.4, -0.2) is 4.98 Å². The van der Waals surface area contributed by atoms with Gasteiger partial charge in [-0.15, -0.1) is 12.1 Å². The molecule has 4 heteroatoms. The molecular formula is C21H10F2IrN-. The van der Waals surface area contributed by atoms with Crippen LogP contribution >= 0.6 is 0 Å². The number of aromatic nitrogens is 1. The molecule has 0 atom stereocenters. The second-order valence-electron chi connectivity index (χ2n) is 5.84. The van der Waals surface area contributed by atoms with Crippen LogP contribution in [0, 0.1) is 17.7 Å². The summed E-state index contributed by atoms with van der Waals surface area (Å²) in [5, 5.41) is 1.07. The Hall–Kier alpha value is -2.42. The minimum absolute atomic E-state index is 0. The van der Waals surface area contributed by atoms with E-state index in [-0.39, 0.29) is 25.7 Å². The van der Waals surface area contributed by atoms with Gasteiger partial charge in [0.1, 0.15) is 0 Å². The van der Waals surface area contributed by atoms with Crippen molar-refractivity contribution in [3.05, 3.63) is 78.4 Å². The Labute approximate surface area is 156 Å². The monoisotopic (exact) mass is 507 g/mol. The second kappa shape index (κ2) is 5.83. The smallest absolute Gasteiger partial charge is 0.0607 e. The summed E-state index contributed by atoms with van der Waals surface area (Å²) in [6.07, 6.45) is 0. The SMILES string of the molecule is Fc1c[c-]c(-c2cc3c4c(cccc4n2)-c2ccccc2-3)c(F)c1.[Ir]. The van der Waals surface area contributed by atoms with Crippen molar-refractivity contribution in [1.82, 2.24) is 4.98 Å². The zero-order valence-electron chi connectivity index (χ0n) is 12.8. The molecule has 4 aromatic rings. The molecule has 0 spiro atoms. The first-order chi connectivity index (χ1) is 11.7. The van der Waals surface area contributed by atoms with E-state index in [9.17, 15) is 8.78 Å². The number of rotatable bonds is 1. The van der Waals surface area contributed by atoms with Gasteiger partial charge in [0.05, 0.1) is 5.52 Å². The number of pyridine rings is 1. The zero-order valence-corrected chi connectivity index (χ0v) is 15.2. The summed E-state index contributed by atoms with van der Waals surface area (Å²) >= 11 is 0. The maximum Gasteiger partial charge on any atom is 0.0607 e. The standard InChI is InChI=1S/C21H10F2N.Ir/c22-12-8-9-16(18(23)10-12)20-11-17-14-5-2-1-4-13(14)15-6-3-7-19(24-20)21(15)17;/h1-8,10-11H;/q-1;. The van der Waals surface area contributed by atoms with Crippen LogP contribution in [0.5, 0.6) is 0 Å². The maximum absolute atomic E-state index is 14.2. The second-order valence-corrected chi connectivity index (χ2v) is 5.84. The topological polar surface area (TPSA) is 12.9 Å². The van der Waals surface area contributed by atoms with Gasteiger partial charge >= 0.3 is 0 Å². The molecule has 0 unspecified atom stereocenters. The molecule has 123 valence electrons. The third kappa shape index (κ3) is 2.33. The molecule has 0 saturated carbocycles. The molecule has 0 bridgehead atoms. The summed E-state index contributed by atoms with van der Waals surface area (Å²) in [4.78, 5) is 4.59. The Morgan fingerprint density at radius 2 is 1.52 bits per heavy atom. The average Bonchev–Trinajstić information content (AvgIpc) is 2.91. The third-order valence-electron chi connectivity index (χ3n) is 4.46. The predicted octanol–water partition coefficient (Wildman–Crippen LogP) is 5.63. The Morgan fingerprint density at radius 1 is 0.800 bits per heavy atom. The number of fused-ring (bicyclic) bond motifs is 3. The molecule has 0 saturated heterocycles. The summed E-state index contributed by atoms with van der Waals surface area (Å²) in [5.41, 5.74) is 5.87. The first-order valence-corrected chi connectivity index (χ1v) is 7.63. The van der Waals surface area contributed by atoms with Crippen LogP contribution in [0.25, 0.3) is 44.4 Å². The zero-order chi connectivity index (χ0) is 16.3. The number of nitrogens with zero attached hydrogens (tertiary/aromatic N) is 1. The van der Waals surface area contributed by atoms with Gasteiger partial charge < -0.3 is 0 Å². The van der Waals surface area contributed by atoms with Crippen molar-refractivity contribution in [2.45, 2.75) is 0 Å². The van der Waals surface area contributed by atoms with E-state index >= 15 is 0 Å². The van der Waals surface area contributed by atoms with Crippen molar-refractivity contribution in [3.63, 3.8) is 0 Å². The van der Waals surface area contributed by atoms with Crippen LogP contribution in [0.2, 0.25) is 0 Å². The van der Waals surface area contributed by atoms with E-state index in [0.717, 1.165) is 45.3 Å². The molecule has 0 N–H and O–H groups in total. The van der Waals surface area contributed by atoms with E-state index in [2.05, 4.69) is 29.2 Å². The Morgan fingerprint density at radius 3 is 2.28 bits per heavy atom. The van der Waals surface area contributed by atoms with Crippen LogP contribution in [0.4, 0.5) is 8.78 Å². The van der Waals surface area contributed by atoms with Crippen molar-refractivity contribution < 1.29 is 28.9 Å². The van der Waals surface area contributed by atoms with Crippen LogP contribution in [0.15, 0.2) is 60.7 Å². The summed E-state index contributed by atoms with van der Waals surface area (Å²) < 4.78 is 27.3. The first-order valence-electron chi connectivity index (χ1n) is 7.63. The molecule has 5 rings (SSSR count). The molecule has 1 aliphatic carbocycles. The van der Waals surface area contributed by atoms with Crippen molar-refractivity contribution in [2.24, 2.45) is 0 Å². The molecule has 1 heterocycles. The maximum atomic E-state index is 14.2. The van der Waals surface area contributed by atoms with E-state index in [4.69, 9.17) is 0 Å². The minimum atomic E-state index is -0.656. The molecule has 1 radical (unpaired) electrons. The van der Waals surface area contributed by atoms with Crippen LogP contribution in [-0.2, 0) is 20.1 Å². The largest absolute Gasteiger partial charge is 0.296 e. The van der Waals surface area contributed by atoms with Crippen molar-refractivity contribution in [2.75, 3.05) is 0 Å². The Kier molecular flexibility index (Phi) is 3.75. The summed E-state index contributed by atoms with van der Waals surface area (Å²) in [6, 6.07) is 20.6. The van der Waals surface area contributed by atoms with Gasteiger partial charge in [0.15, 0.2) is 0 Å². The van der Waals surface area contributed by atoms with Crippen LogP contribution < -0.4 is 0 Å². The molecule has 0 fully saturated rings. The number of benzene rings is 3. The fraction of sp³-hybridized carbons (Fsp3) is 0. The van der Waals surface area contributed by atoms with Gasteiger partial charge in [0, 0.05) is 37.1 Å². The van der Waals surface area contributed by atoms with Gasteiger partial charge in [0.25, 0.3) is 0 Å². The fourth-order valence-electron chi connectivity index (χ4n) is 3.45. The fourth-order valence-corrected chi connectivity index (χ4v) is 3.45. The van der Waals surface area contributed by atoms with Gasteiger partial charge in [-0.1, -0.05) is 54.1 Å². The van der Waals surface area contributed by atoms with Crippen molar-refractivity contribution >= 4 is 10.9 Å². The van der Waals surface area contributed by atoms with Gasteiger partial charge in [-0.3, -0.25) is 13.8 Å². The first kappa shape index (κ1) is 16.1. The summed E-state index contributed by atoms with van der Waals surface area (Å²) in [6.45, 7) is 0. The van der Waals surface area contributed by atoms with Crippen LogP contribution in [0.1, 0.15) is 0 Å². The number of hydrogen-bond acceptors (Lipinski definition) is 1. The van der Waals surface area contributed by atoms with Crippen molar-refractivity contribution in [1.29, 1.82) is 0 Å². The Bertz CT molecular complexity index is 1140. The van der Waals surface area contributed by atoms with E-state index in [1.807, 2.05) is 30.3 Å². The molecule has 3 aromatic carbocycles. The normalized spacial score (nSPS) is 11.3. The predicted molar refractivity (Wildman–Crippen MR) is 90.4 cm³/mol. The summed E-state index contributed by atoms with van der Waals surface area (Å²) in [7, 11) is 0. The van der Waals surface area contributed by atoms with E-state index < -0.39 is 11.6 Å². The molecule has 0 aliphatic heterocycles. The van der Waals surface area contributed by atoms with E-state index in [0.29, 0.717) is 5.69 Å². The third-order valence-corrected chi connectivity index (χ3v) is 4.46. The molecule has 1 aliphatic rings. The van der Waals surface area contributed by atoms with Crippen molar-refractivity contribution in [3.8, 4) is 33.5 Å². The number of hydrogen-bond donors (Lipinski definition) is 0. The summed E-state index contributed by atoms with van der Waals surface area (Å²) in [5.74, 6) is -1.30. The molecule has 1 nitrogen and oxygen atoms in total. The molecule has 0 amide bonds.